The minimum Gasteiger partial charge on any atom is -0.379 e. The van der Waals surface area contributed by atoms with Crippen LogP contribution in [0.25, 0.3) is 0 Å². The van der Waals surface area contributed by atoms with E-state index in [4.69, 9.17) is 4.74 Å². The number of anilines is 1. The van der Waals surface area contributed by atoms with Crippen molar-refractivity contribution in [2.24, 2.45) is 5.92 Å². The Balaban J connectivity index is 2.24. The SMILES string of the molecule is CC(C)C[C@H](CNc1ccc(S(=O)(=O)N2CCOCC2)cc1[N+](=O)[O-])N(C)C. The molecule has 1 aromatic carbocycles. The summed E-state index contributed by atoms with van der Waals surface area (Å²) in [6, 6.07) is 4.25. The van der Waals surface area contributed by atoms with E-state index in [1.165, 1.54) is 16.4 Å². The molecule has 1 fully saturated rings. The van der Waals surface area contributed by atoms with Crippen molar-refractivity contribution in [1.82, 2.24) is 9.21 Å². The Morgan fingerprint density at radius 1 is 1.29 bits per heavy atom. The first-order chi connectivity index (χ1) is 13.1. The molecule has 28 heavy (non-hydrogen) atoms. The summed E-state index contributed by atoms with van der Waals surface area (Å²) in [5.41, 5.74) is 0.0814. The number of likely N-dealkylation sites (N-methyl/N-ethyl adjacent to an activating group) is 1. The number of ether oxygens (including phenoxy) is 1. The number of morpholine rings is 1. The average molecular weight is 415 g/mol. The Kier molecular flexibility index (Phi) is 7.76. The fourth-order valence-corrected chi connectivity index (χ4v) is 4.59. The van der Waals surface area contributed by atoms with Crippen LogP contribution < -0.4 is 5.32 Å². The lowest BCUT2D eigenvalue weighted by atomic mass is 10.0. The van der Waals surface area contributed by atoms with Crippen LogP contribution in [0.1, 0.15) is 20.3 Å². The highest BCUT2D eigenvalue weighted by Crippen LogP contribution is 2.29. The van der Waals surface area contributed by atoms with Gasteiger partial charge in [0.15, 0.2) is 0 Å². The molecular weight excluding hydrogens is 384 g/mol. The molecule has 1 aliphatic heterocycles. The van der Waals surface area contributed by atoms with Gasteiger partial charge in [0.2, 0.25) is 10.0 Å². The summed E-state index contributed by atoms with van der Waals surface area (Å²) in [6.07, 6.45) is 0.942. The largest absolute Gasteiger partial charge is 0.379 e. The fourth-order valence-electron chi connectivity index (χ4n) is 3.16. The predicted octanol–water partition coefficient (Wildman–Crippen LogP) is 2.00. The molecule has 1 aliphatic rings. The molecule has 1 aromatic rings. The van der Waals surface area contributed by atoms with E-state index in [0.717, 1.165) is 12.5 Å². The number of nitro benzene ring substituents is 1. The van der Waals surface area contributed by atoms with Crippen LogP contribution in [0, 0.1) is 16.0 Å². The summed E-state index contributed by atoms with van der Waals surface area (Å²) >= 11 is 0. The third-order valence-corrected chi connectivity index (χ3v) is 6.67. The second kappa shape index (κ2) is 9.64. The monoisotopic (exact) mass is 414 g/mol. The molecule has 1 heterocycles. The van der Waals surface area contributed by atoms with Gasteiger partial charge < -0.3 is 15.0 Å². The molecular formula is C18H30N4O5S. The summed E-state index contributed by atoms with van der Waals surface area (Å²) in [4.78, 5) is 13.0. The first-order valence-corrected chi connectivity index (χ1v) is 10.8. The maximum absolute atomic E-state index is 12.8. The number of sulfonamides is 1. The van der Waals surface area contributed by atoms with Gasteiger partial charge in [-0.05, 0) is 38.6 Å². The van der Waals surface area contributed by atoms with Gasteiger partial charge in [-0.15, -0.1) is 0 Å². The lowest BCUT2D eigenvalue weighted by Crippen LogP contribution is -2.40. The van der Waals surface area contributed by atoms with Gasteiger partial charge in [-0.3, -0.25) is 10.1 Å². The Labute approximate surface area is 166 Å². The molecule has 0 unspecified atom stereocenters. The Hall–Kier alpha value is -1.75. The number of hydrogen-bond donors (Lipinski definition) is 1. The van der Waals surface area contributed by atoms with E-state index in [0.29, 0.717) is 31.4 Å². The first kappa shape index (κ1) is 22.5. The summed E-state index contributed by atoms with van der Waals surface area (Å²) in [5, 5.41) is 14.7. The normalized spacial score (nSPS) is 17.1. The highest BCUT2D eigenvalue weighted by atomic mass is 32.2. The molecule has 1 N–H and O–H groups in total. The van der Waals surface area contributed by atoms with Gasteiger partial charge in [0.25, 0.3) is 5.69 Å². The third-order valence-electron chi connectivity index (χ3n) is 4.78. The van der Waals surface area contributed by atoms with E-state index < -0.39 is 14.9 Å². The van der Waals surface area contributed by atoms with Gasteiger partial charge in [-0.2, -0.15) is 4.31 Å². The van der Waals surface area contributed by atoms with Crippen LogP contribution in [0.2, 0.25) is 0 Å². The minimum atomic E-state index is -3.78. The molecule has 0 radical (unpaired) electrons. The maximum Gasteiger partial charge on any atom is 0.293 e. The van der Waals surface area contributed by atoms with Crippen LogP contribution in [-0.4, -0.2) is 75.5 Å². The number of benzene rings is 1. The topological polar surface area (TPSA) is 105 Å². The van der Waals surface area contributed by atoms with E-state index >= 15 is 0 Å². The zero-order valence-electron chi connectivity index (χ0n) is 16.9. The van der Waals surface area contributed by atoms with E-state index in [1.807, 2.05) is 14.1 Å². The van der Waals surface area contributed by atoms with Gasteiger partial charge in [-0.1, -0.05) is 13.8 Å². The smallest absolute Gasteiger partial charge is 0.293 e. The van der Waals surface area contributed by atoms with Crippen molar-refractivity contribution in [3.05, 3.63) is 28.3 Å². The minimum absolute atomic E-state index is 0.0713. The van der Waals surface area contributed by atoms with Crippen LogP contribution in [-0.2, 0) is 14.8 Å². The lowest BCUT2D eigenvalue weighted by Gasteiger charge is -2.27. The molecule has 0 aliphatic carbocycles. The predicted molar refractivity (Wildman–Crippen MR) is 108 cm³/mol. The number of hydrogen-bond acceptors (Lipinski definition) is 7. The van der Waals surface area contributed by atoms with Crippen LogP contribution in [0.15, 0.2) is 23.1 Å². The van der Waals surface area contributed by atoms with E-state index in [1.54, 1.807) is 0 Å². The standard InChI is InChI=1S/C18H30N4O5S/c1-14(2)11-15(20(3)4)13-19-17-6-5-16(12-18(17)22(23)24)28(25,26)21-7-9-27-10-8-21/h5-6,12,14-15,19H,7-11,13H2,1-4H3/t15-/m1/s1. The molecule has 0 saturated carbocycles. The summed E-state index contributed by atoms with van der Waals surface area (Å²) < 4.78 is 32.0. The summed E-state index contributed by atoms with van der Waals surface area (Å²) in [5.74, 6) is 0.491. The summed E-state index contributed by atoms with van der Waals surface area (Å²) in [7, 11) is 0.164. The first-order valence-electron chi connectivity index (χ1n) is 9.39. The second-order valence-corrected chi connectivity index (χ2v) is 9.52. The van der Waals surface area contributed by atoms with Crippen molar-refractivity contribution in [2.45, 2.75) is 31.2 Å². The van der Waals surface area contributed by atoms with Crippen LogP contribution in [0.3, 0.4) is 0 Å². The number of nitro groups is 1. The van der Waals surface area contributed by atoms with E-state index in [2.05, 4.69) is 24.1 Å². The molecule has 0 aromatic heterocycles. The van der Waals surface area contributed by atoms with Crippen LogP contribution >= 0.6 is 0 Å². The zero-order valence-corrected chi connectivity index (χ0v) is 17.7. The van der Waals surface area contributed by atoms with Crippen molar-refractivity contribution in [3.63, 3.8) is 0 Å². The maximum atomic E-state index is 12.8. The van der Waals surface area contributed by atoms with Crippen molar-refractivity contribution in [1.29, 1.82) is 0 Å². The number of rotatable bonds is 9. The fraction of sp³-hybridized carbons (Fsp3) is 0.667. The molecule has 9 nitrogen and oxygen atoms in total. The Bertz CT molecular complexity index is 776. The van der Waals surface area contributed by atoms with Gasteiger partial charge >= 0.3 is 0 Å². The van der Waals surface area contributed by atoms with Crippen LogP contribution in [0.4, 0.5) is 11.4 Å². The summed E-state index contributed by atoms with van der Waals surface area (Å²) in [6.45, 7) is 5.92. The lowest BCUT2D eigenvalue weighted by molar-refractivity contribution is -0.384. The van der Waals surface area contributed by atoms with Crippen molar-refractivity contribution >= 4 is 21.4 Å². The molecule has 158 valence electrons. The average Bonchev–Trinajstić information content (AvgIpc) is 2.65. The molecule has 1 atom stereocenters. The zero-order chi connectivity index (χ0) is 20.9. The van der Waals surface area contributed by atoms with Gasteiger partial charge in [-0.25, -0.2) is 8.42 Å². The van der Waals surface area contributed by atoms with E-state index in [-0.39, 0.29) is 29.7 Å². The quantitative estimate of drug-likeness (QED) is 0.487. The van der Waals surface area contributed by atoms with Crippen LogP contribution in [0.5, 0.6) is 0 Å². The van der Waals surface area contributed by atoms with Crippen molar-refractivity contribution in [2.75, 3.05) is 52.3 Å². The highest BCUT2D eigenvalue weighted by molar-refractivity contribution is 7.89. The van der Waals surface area contributed by atoms with Crippen molar-refractivity contribution in [3.8, 4) is 0 Å². The second-order valence-electron chi connectivity index (χ2n) is 7.58. The molecule has 0 amide bonds. The van der Waals surface area contributed by atoms with Gasteiger partial charge in [0.05, 0.1) is 23.0 Å². The molecule has 2 rings (SSSR count). The van der Waals surface area contributed by atoms with Crippen molar-refractivity contribution < 1.29 is 18.1 Å². The molecule has 10 heteroatoms. The van der Waals surface area contributed by atoms with Gasteiger partial charge in [0, 0.05) is 31.7 Å². The van der Waals surface area contributed by atoms with Gasteiger partial charge in [0.1, 0.15) is 5.69 Å². The Morgan fingerprint density at radius 2 is 1.93 bits per heavy atom. The molecule has 1 saturated heterocycles. The molecule has 0 spiro atoms. The third kappa shape index (κ3) is 5.63. The Morgan fingerprint density at radius 3 is 2.46 bits per heavy atom. The molecule has 0 bridgehead atoms. The highest BCUT2D eigenvalue weighted by Gasteiger charge is 2.29. The van der Waals surface area contributed by atoms with E-state index in [9.17, 15) is 18.5 Å². The number of nitrogens with zero attached hydrogens (tertiary/aromatic N) is 3. The number of nitrogens with one attached hydrogen (secondary N) is 1.